The van der Waals surface area contributed by atoms with Gasteiger partial charge in [0, 0.05) is 25.2 Å². The first-order chi connectivity index (χ1) is 13.5. The van der Waals surface area contributed by atoms with Crippen LogP contribution in [-0.2, 0) is 6.54 Å². The van der Waals surface area contributed by atoms with E-state index >= 15 is 0 Å². The lowest BCUT2D eigenvalue weighted by Crippen LogP contribution is -2.41. The Balaban J connectivity index is 0.00000420. The van der Waals surface area contributed by atoms with Crippen LogP contribution in [0.3, 0.4) is 0 Å². The third-order valence-corrected chi connectivity index (χ3v) is 4.04. The summed E-state index contributed by atoms with van der Waals surface area (Å²) in [5.74, 6) is 0.755. The Bertz CT molecular complexity index is 830. The van der Waals surface area contributed by atoms with Crippen LogP contribution in [-0.4, -0.2) is 38.6 Å². The lowest BCUT2D eigenvalue weighted by Gasteiger charge is -2.12. The normalized spacial score (nSPS) is 10.7. The highest BCUT2D eigenvalue weighted by Crippen LogP contribution is 2.13. The second kappa shape index (κ2) is 13.0. The Kier molecular flexibility index (Phi) is 11.0. The van der Waals surface area contributed by atoms with Crippen LogP contribution < -0.4 is 20.7 Å². The van der Waals surface area contributed by atoms with Gasteiger partial charge in [-0.15, -0.1) is 24.0 Å². The number of nitrogens with zero attached hydrogens (tertiary/aromatic N) is 1. The summed E-state index contributed by atoms with van der Waals surface area (Å²) in [5.41, 5.74) is 1.86. The standard InChI is InChI=1S/C21H27FN4O2.HI/c1-4-23-21(26-14-16-6-5-7-18(12-16)28-3)25-11-10-24-20(27)17-9-8-15(2)19(22)13-17;/h5-9,12-13H,4,10-11,14H2,1-3H3,(H,24,27)(H2,23,25,26);1H. The van der Waals surface area contributed by atoms with Crippen molar-refractivity contribution in [2.45, 2.75) is 20.4 Å². The zero-order valence-corrected chi connectivity index (χ0v) is 19.3. The first kappa shape index (κ1) is 24.7. The summed E-state index contributed by atoms with van der Waals surface area (Å²) < 4.78 is 18.8. The molecule has 0 saturated heterocycles. The highest BCUT2D eigenvalue weighted by atomic mass is 127. The van der Waals surface area contributed by atoms with E-state index in [1.165, 1.54) is 6.07 Å². The molecular formula is C21H28FIN4O2. The summed E-state index contributed by atoms with van der Waals surface area (Å²) in [6, 6.07) is 12.2. The number of carbonyl (C=O) groups excluding carboxylic acids is 1. The number of ether oxygens (including phenoxy) is 1. The molecule has 0 aliphatic carbocycles. The Morgan fingerprint density at radius 2 is 1.86 bits per heavy atom. The number of benzene rings is 2. The summed E-state index contributed by atoms with van der Waals surface area (Å²) in [6.45, 7) is 5.74. The van der Waals surface area contributed by atoms with E-state index in [9.17, 15) is 9.18 Å². The van der Waals surface area contributed by atoms with Crippen molar-refractivity contribution in [2.24, 2.45) is 4.99 Å². The second-order valence-electron chi connectivity index (χ2n) is 6.19. The quantitative estimate of drug-likeness (QED) is 0.219. The van der Waals surface area contributed by atoms with Gasteiger partial charge in [-0.1, -0.05) is 18.2 Å². The zero-order valence-electron chi connectivity index (χ0n) is 16.9. The van der Waals surface area contributed by atoms with E-state index < -0.39 is 0 Å². The molecule has 29 heavy (non-hydrogen) atoms. The van der Waals surface area contributed by atoms with Crippen molar-refractivity contribution in [3.05, 3.63) is 65.0 Å². The fourth-order valence-electron chi connectivity index (χ4n) is 2.48. The van der Waals surface area contributed by atoms with Crippen LogP contribution in [0.1, 0.15) is 28.4 Å². The summed E-state index contributed by atoms with van der Waals surface area (Å²) in [4.78, 5) is 16.6. The zero-order chi connectivity index (χ0) is 20.4. The van der Waals surface area contributed by atoms with Crippen LogP contribution in [0.2, 0.25) is 0 Å². The van der Waals surface area contributed by atoms with Gasteiger partial charge in [-0.2, -0.15) is 0 Å². The number of amides is 1. The van der Waals surface area contributed by atoms with Gasteiger partial charge in [-0.3, -0.25) is 4.79 Å². The topological polar surface area (TPSA) is 74.8 Å². The lowest BCUT2D eigenvalue weighted by atomic mass is 10.1. The molecule has 2 aromatic rings. The Morgan fingerprint density at radius 1 is 1.10 bits per heavy atom. The van der Waals surface area contributed by atoms with Crippen LogP contribution >= 0.6 is 24.0 Å². The van der Waals surface area contributed by atoms with E-state index in [0.717, 1.165) is 17.9 Å². The smallest absolute Gasteiger partial charge is 0.251 e. The first-order valence-corrected chi connectivity index (χ1v) is 9.23. The van der Waals surface area contributed by atoms with Crippen LogP contribution in [0.5, 0.6) is 5.75 Å². The van der Waals surface area contributed by atoms with Gasteiger partial charge in [-0.25, -0.2) is 9.38 Å². The van der Waals surface area contributed by atoms with Gasteiger partial charge in [-0.05, 0) is 49.2 Å². The van der Waals surface area contributed by atoms with E-state index in [4.69, 9.17) is 4.74 Å². The van der Waals surface area contributed by atoms with Crippen molar-refractivity contribution in [3.63, 3.8) is 0 Å². The molecule has 0 saturated carbocycles. The Labute approximate surface area is 188 Å². The lowest BCUT2D eigenvalue weighted by molar-refractivity contribution is 0.0954. The maximum Gasteiger partial charge on any atom is 0.251 e. The largest absolute Gasteiger partial charge is 0.497 e. The number of nitrogens with one attached hydrogen (secondary N) is 3. The monoisotopic (exact) mass is 514 g/mol. The van der Waals surface area contributed by atoms with Gasteiger partial charge in [0.15, 0.2) is 5.96 Å². The second-order valence-corrected chi connectivity index (χ2v) is 6.19. The predicted molar refractivity (Wildman–Crippen MR) is 125 cm³/mol. The Morgan fingerprint density at radius 3 is 2.55 bits per heavy atom. The molecule has 8 heteroatoms. The molecule has 3 N–H and O–H groups in total. The third-order valence-electron chi connectivity index (χ3n) is 4.04. The number of rotatable bonds is 8. The molecule has 0 aliphatic heterocycles. The summed E-state index contributed by atoms with van der Waals surface area (Å²) in [6.07, 6.45) is 0. The van der Waals surface area contributed by atoms with Gasteiger partial charge < -0.3 is 20.7 Å². The molecule has 1 amide bonds. The molecule has 0 radical (unpaired) electrons. The SMILES string of the molecule is CCNC(=NCc1cccc(OC)c1)NCCNC(=O)c1ccc(C)c(F)c1.I. The molecule has 158 valence electrons. The minimum absolute atomic E-state index is 0. The van der Waals surface area contributed by atoms with Crippen molar-refractivity contribution in [1.82, 2.24) is 16.0 Å². The van der Waals surface area contributed by atoms with Gasteiger partial charge >= 0.3 is 0 Å². The fraction of sp³-hybridized carbons (Fsp3) is 0.333. The van der Waals surface area contributed by atoms with Crippen molar-refractivity contribution in [3.8, 4) is 5.75 Å². The van der Waals surface area contributed by atoms with Gasteiger partial charge in [0.05, 0.1) is 13.7 Å². The molecule has 0 unspecified atom stereocenters. The van der Waals surface area contributed by atoms with E-state index in [2.05, 4.69) is 20.9 Å². The highest BCUT2D eigenvalue weighted by Gasteiger charge is 2.07. The predicted octanol–water partition coefficient (Wildman–Crippen LogP) is 3.25. The first-order valence-electron chi connectivity index (χ1n) is 9.23. The van der Waals surface area contributed by atoms with Crippen LogP contribution in [0.25, 0.3) is 0 Å². The number of aryl methyl sites for hydroxylation is 1. The summed E-state index contributed by atoms with van der Waals surface area (Å²) >= 11 is 0. The number of methoxy groups -OCH3 is 1. The molecule has 2 aromatic carbocycles. The Hall–Kier alpha value is -2.36. The molecular weight excluding hydrogens is 486 g/mol. The van der Waals surface area contributed by atoms with E-state index in [1.54, 1.807) is 26.2 Å². The molecule has 0 aromatic heterocycles. The number of carbonyl (C=O) groups is 1. The van der Waals surface area contributed by atoms with Crippen LogP contribution in [0.15, 0.2) is 47.5 Å². The maximum atomic E-state index is 13.6. The van der Waals surface area contributed by atoms with Gasteiger partial charge in [0.25, 0.3) is 5.91 Å². The maximum absolute atomic E-state index is 13.6. The van der Waals surface area contributed by atoms with E-state index in [0.29, 0.717) is 36.7 Å². The molecule has 0 fully saturated rings. The molecule has 0 heterocycles. The summed E-state index contributed by atoms with van der Waals surface area (Å²) in [7, 11) is 1.63. The highest BCUT2D eigenvalue weighted by molar-refractivity contribution is 14.0. The van der Waals surface area contributed by atoms with Crippen molar-refractivity contribution >= 4 is 35.8 Å². The number of guanidine groups is 1. The van der Waals surface area contributed by atoms with Gasteiger partial charge in [0.1, 0.15) is 11.6 Å². The molecule has 0 spiro atoms. The fourth-order valence-corrected chi connectivity index (χ4v) is 2.48. The van der Waals surface area contributed by atoms with Crippen LogP contribution in [0, 0.1) is 12.7 Å². The van der Waals surface area contributed by atoms with Crippen molar-refractivity contribution in [2.75, 3.05) is 26.7 Å². The van der Waals surface area contributed by atoms with Crippen molar-refractivity contribution in [1.29, 1.82) is 0 Å². The average Bonchev–Trinajstić information content (AvgIpc) is 2.71. The number of hydrogen-bond acceptors (Lipinski definition) is 3. The molecule has 6 nitrogen and oxygen atoms in total. The minimum atomic E-state index is -0.384. The molecule has 0 aliphatic rings. The minimum Gasteiger partial charge on any atom is -0.497 e. The molecule has 0 bridgehead atoms. The third kappa shape index (κ3) is 8.26. The summed E-state index contributed by atoms with van der Waals surface area (Å²) in [5, 5.41) is 9.09. The number of aliphatic imine (C=N–C) groups is 1. The number of halogens is 2. The molecule has 2 rings (SSSR count). The number of hydrogen-bond donors (Lipinski definition) is 3. The van der Waals surface area contributed by atoms with E-state index in [-0.39, 0.29) is 35.7 Å². The van der Waals surface area contributed by atoms with Crippen molar-refractivity contribution < 1.29 is 13.9 Å². The van der Waals surface area contributed by atoms with E-state index in [1.807, 2.05) is 31.2 Å². The molecule has 0 atom stereocenters. The van der Waals surface area contributed by atoms with Crippen LogP contribution in [0.4, 0.5) is 4.39 Å². The van der Waals surface area contributed by atoms with Gasteiger partial charge in [0.2, 0.25) is 0 Å². The average molecular weight is 514 g/mol.